The first-order valence-electron chi connectivity index (χ1n) is 4.38. The Kier molecular flexibility index (Phi) is 2.41. The quantitative estimate of drug-likeness (QED) is 0.803. The lowest BCUT2D eigenvalue weighted by Gasteiger charge is -2.03. The Morgan fingerprint density at radius 2 is 2.00 bits per heavy atom. The molecule has 0 saturated carbocycles. The van der Waals surface area contributed by atoms with Crippen LogP contribution in [0, 0.1) is 0 Å². The Morgan fingerprint density at radius 1 is 1.20 bits per heavy atom. The predicted molar refractivity (Wildman–Crippen MR) is 54.4 cm³/mol. The molecule has 0 atom stereocenters. The second-order valence-corrected chi connectivity index (χ2v) is 2.95. The number of rotatable bonds is 2. The highest BCUT2D eigenvalue weighted by atomic mass is 16.4. The molecule has 2 heterocycles. The van der Waals surface area contributed by atoms with E-state index in [0.717, 1.165) is 0 Å². The molecule has 0 aliphatic heterocycles. The van der Waals surface area contributed by atoms with Crippen LogP contribution in [0.3, 0.4) is 0 Å². The maximum Gasteiger partial charge on any atom is 0.337 e. The normalized spacial score (nSPS) is 9.87. The van der Waals surface area contributed by atoms with Crippen molar-refractivity contribution in [3.63, 3.8) is 0 Å². The van der Waals surface area contributed by atoms with Gasteiger partial charge in [-0.3, -0.25) is 9.97 Å². The van der Waals surface area contributed by atoms with E-state index in [0.29, 0.717) is 11.3 Å². The van der Waals surface area contributed by atoms with Crippen LogP contribution in [0.2, 0.25) is 0 Å². The Hall–Kier alpha value is -2.23. The lowest BCUT2D eigenvalue weighted by molar-refractivity contribution is 0.0697. The van der Waals surface area contributed by atoms with E-state index in [1.54, 1.807) is 36.8 Å². The number of carboxylic acid groups (broad SMARTS) is 1. The average Bonchev–Trinajstić information content (AvgIpc) is 2.30. The number of aromatic nitrogens is 2. The molecule has 1 N–H and O–H groups in total. The van der Waals surface area contributed by atoms with Crippen LogP contribution < -0.4 is 0 Å². The molecular weight excluding hydrogens is 192 g/mol. The van der Waals surface area contributed by atoms with Crippen molar-refractivity contribution in [2.75, 3.05) is 0 Å². The van der Waals surface area contributed by atoms with Gasteiger partial charge in [0.2, 0.25) is 0 Å². The van der Waals surface area contributed by atoms with Gasteiger partial charge in [0, 0.05) is 24.2 Å². The Labute approximate surface area is 86.2 Å². The van der Waals surface area contributed by atoms with Gasteiger partial charge in [-0.1, -0.05) is 0 Å². The van der Waals surface area contributed by atoms with Crippen molar-refractivity contribution < 1.29 is 9.90 Å². The highest BCUT2D eigenvalue weighted by Gasteiger charge is 2.11. The maximum absolute atomic E-state index is 10.9. The van der Waals surface area contributed by atoms with Crippen molar-refractivity contribution in [3.05, 3.63) is 48.4 Å². The zero-order valence-corrected chi connectivity index (χ0v) is 7.79. The van der Waals surface area contributed by atoms with E-state index >= 15 is 0 Å². The van der Waals surface area contributed by atoms with Crippen LogP contribution in [-0.2, 0) is 0 Å². The summed E-state index contributed by atoms with van der Waals surface area (Å²) in [4.78, 5) is 18.9. The minimum Gasteiger partial charge on any atom is -0.478 e. The molecule has 2 rings (SSSR count). The van der Waals surface area contributed by atoms with Gasteiger partial charge < -0.3 is 5.11 Å². The first kappa shape index (κ1) is 9.33. The first-order chi connectivity index (χ1) is 7.29. The van der Waals surface area contributed by atoms with Gasteiger partial charge in [0.25, 0.3) is 0 Å². The van der Waals surface area contributed by atoms with Crippen molar-refractivity contribution in [2.24, 2.45) is 0 Å². The molecule has 0 bridgehead atoms. The molecule has 4 heteroatoms. The fraction of sp³-hybridized carbons (Fsp3) is 0. The number of carbonyl (C=O) groups is 1. The second kappa shape index (κ2) is 3.88. The molecule has 74 valence electrons. The summed E-state index contributed by atoms with van der Waals surface area (Å²) in [5, 5.41) is 8.97. The van der Waals surface area contributed by atoms with E-state index in [2.05, 4.69) is 9.97 Å². The SMILES string of the molecule is O=C(O)c1cccnc1-c1cccnc1. The molecule has 15 heavy (non-hydrogen) atoms. The topological polar surface area (TPSA) is 63.1 Å². The molecule has 2 aromatic rings. The van der Waals surface area contributed by atoms with Crippen LogP contribution in [0.1, 0.15) is 10.4 Å². The summed E-state index contributed by atoms with van der Waals surface area (Å²) in [5.74, 6) is -0.984. The molecule has 4 nitrogen and oxygen atoms in total. The third-order valence-corrected chi connectivity index (χ3v) is 1.97. The first-order valence-corrected chi connectivity index (χ1v) is 4.38. The zero-order valence-electron chi connectivity index (χ0n) is 7.79. The van der Waals surface area contributed by atoms with Gasteiger partial charge in [-0.25, -0.2) is 4.79 Å². The maximum atomic E-state index is 10.9. The molecule has 0 aliphatic carbocycles. The van der Waals surface area contributed by atoms with Gasteiger partial charge in [0.05, 0.1) is 11.3 Å². The fourth-order valence-corrected chi connectivity index (χ4v) is 1.31. The van der Waals surface area contributed by atoms with E-state index < -0.39 is 5.97 Å². The molecule has 2 aromatic heterocycles. The van der Waals surface area contributed by atoms with Crippen molar-refractivity contribution in [1.82, 2.24) is 9.97 Å². The summed E-state index contributed by atoms with van der Waals surface area (Å²) < 4.78 is 0. The van der Waals surface area contributed by atoms with E-state index in [4.69, 9.17) is 5.11 Å². The highest BCUT2D eigenvalue weighted by molar-refractivity contribution is 5.94. The molecule has 0 fully saturated rings. The fourth-order valence-electron chi connectivity index (χ4n) is 1.31. The van der Waals surface area contributed by atoms with Crippen LogP contribution >= 0.6 is 0 Å². The van der Waals surface area contributed by atoms with E-state index in [9.17, 15) is 4.79 Å². The molecule has 0 saturated heterocycles. The Morgan fingerprint density at radius 3 is 2.67 bits per heavy atom. The summed E-state index contributed by atoms with van der Waals surface area (Å²) in [6.45, 7) is 0. The van der Waals surface area contributed by atoms with Crippen molar-refractivity contribution in [1.29, 1.82) is 0 Å². The van der Waals surface area contributed by atoms with E-state index in [1.807, 2.05) is 0 Å². The molecule has 0 aromatic carbocycles. The van der Waals surface area contributed by atoms with E-state index in [1.165, 1.54) is 6.07 Å². The smallest absolute Gasteiger partial charge is 0.337 e. The number of pyridine rings is 2. The van der Waals surface area contributed by atoms with Gasteiger partial charge in [0.15, 0.2) is 0 Å². The second-order valence-electron chi connectivity index (χ2n) is 2.95. The third-order valence-electron chi connectivity index (χ3n) is 1.97. The number of carboxylic acids is 1. The summed E-state index contributed by atoms with van der Waals surface area (Å²) in [6.07, 6.45) is 4.79. The third kappa shape index (κ3) is 1.83. The monoisotopic (exact) mass is 200 g/mol. The highest BCUT2D eigenvalue weighted by Crippen LogP contribution is 2.19. The number of aromatic carboxylic acids is 1. The van der Waals surface area contributed by atoms with Gasteiger partial charge in [0.1, 0.15) is 0 Å². The van der Waals surface area contributed by atoms with Gasteiger partial charge >= 0.3 is 5.97 Å². The van der Waals surface area contributed by atoms with Gasteiger partial charge in [-0.15, -0.1) is 0 Å². The standard InChI is InChI=1S/C11H8N2O2/c14-11(15)9-4-2-6-13-10(9)8-3-1-5-12-7-8/h1-7H,(H,14,15). The van der Waals surface area contributed by atoms with Gasteiger partial charge in [-0.2, -0.15) is 0 Å². The number of nitrogens with zero attached hydrogens (tertiary/aromatic N) is 2. The molecule has 0 aliphatic rings. The average molecular weight is 200 g/mol. The lowest BCUT2D eigenvalue weighted by atomic mass is 10.1. The molecular formula is C11H8N2O2. The van der Waals surface area contributed by atoms with E-state index in [-0.39, 0.29) is 5.56 Å². The van der Waals surface area contributed by atoms with Crippen LogP contribution in [0.5, 0.6) is 0 Å². The predicted octanol–water partition coefficient (Wildman–Crippen LogP) is 1.84. The van der Waals surface area contributed by atoms with Crippen molar-refractivity contribution in [2.45, 2.75) is 0 Å². The zero-order chi connectivity index (χ0) is 10.7. The van der Waals surface area contributed by atoms with Crippen LogP contribution in [0.25, 0.3) is 11.3 Å². The summed E-state index contributed by atoms with van der Waals surface area (Å²) >= 11 is 0. The minimum absolute atomic E-state index is 0.186. The largest absolute Gasteiger partial charge is 0.478 e. The molecule has 0 spiro atoms. The number of hydrogen-bond acceptors (Lipinski definition) is 3. The molecule has 0 unspecified atom stereocenters. The summed E-state index contributed by atoms with van der Waals surface area (Å²) in [6, 6.07) is 6.65. The van der Waals surface area contributed by atoms with Crippen molar-refractivity contribution >= 4 is 5.97 Å². The van der Waals surface area contributed by atoms with Crippen LogP contribution in [-0.4, -0.2) is 21.0 Å². The van der Waals surface area contributed by atoms with Crippen molar-refractivity contribution in [3.8, 4) is 11.3 Å². The summed E-state index contributed by atoms with van der Waals surface area (Å²) in [7, 11) is 0. The molecule has 0 radical (unpaired) electrons. The van der Waals surface area contributed by atoms with Crippen LogP contribution in [0.4, 0.5) is 0 Å². The van der Waals surface area contributed by atoms with Gasteiger partial charge in [-0.05, 0) is 24.3 Å². The molecule has 0 amide bonds. The minimum atomic E-state index is -0.984. The lowest BCUT2D eigenvalue weighted by Crippen LogP contribution is -2.01. The van der Waals surface area contributed by atoms with Crippen LogP contribution in [0.15, 0.2) is 42.9 Å². The Balaban J connectivity index is 2.58. The number of hydrogen-bond donors (Lipinski definition) is 1. The summed E-state index contributed by atoms with van der Waals surface area (Å²) in [5.41, 5.74) is 1.33. The Bertz CT molecular complexity index is 483.